The number of aromatic nitrogens is 8. The number of ether oxygens (including phenoxy) is 5. The lowest BCUT2D eigenvalue weighted by Gasteiger charge is -2.25. The molecule has 390 valence electrons. The summed E-state index contributed by atoms with van der Waals surface area (Å²) in [6, 6.07) is 1.25. The van der Waals surface area contributed by atoms with Crippen molar-refractivity contribution in [3.8, 4) is 0 Å². The summed E-state index contributed by atoms with van der Waals surface area (Å²) in [6.07, 6.45) is 27.8. The van der Waals surface area contributed by atoms with Crippen LogP contribution in [0.25, 0.3) is 0 Å². The first-order valence-electron chi connectivity index (χ1n) is 26.5. The van der Waals surface area contributed by atoms with Crippen LogP contribution >= 0.6 is 0 Å². The van der Waals surface area contributed by atoms with Crippen molar-refractivity contribution in [3.05, 3.63) is 56.9 Å². The van der Waals surface area contributed by atoms with Crippen molar-refractivity contribution in [3.63, 3.8) is 0 Å². The van der Waals surface area contributed by atoms with Crippen molar-refractivity contribution in [1.82, 2.24) is 44.4 Å². The summed E-state index contributed by atoms with van der Waals surface area (Å²) in [6.45, 7) is 8.99. The van der Waals surface area contributed by atoms with E-state index in [-0.39, 0.29) is 50.4 Å². The second-order valence-electron chi connectivity index (χ2n) is 19.2. The van der Waals surface area contributed by atoms with E-state index in [1.54, 1.807) is 12.4 Å². The quantitative estimate of drug-likeness (QED) is 0.0421. The molecule has 1 saturated heterocycles. The number of aromatic amines is 1. The molecule has 0 saturated carbocycles. The molecular formula is C51H87N9O9. The largest absolute Gasteiger partial charge is 0.461 e. The molecule has 1 fully saturated rings. The Kier molecular flexibility index (Phi) is 27.7. The molecule has 4 heterocycles. The molecule has 3 aromatic rings. The Hall–Kier alpha value is -4.26. The Morgan fingerprint density at radius 3 is 1.49 bits per heavy atom. The highest BCUT2D eigenvalue weighted by Crippen LogP contribution is 2.34. The van der Waals surface area contributed by atoms with Crippen molar-refractivity contribution in [2.45, 2.75) is 245 Å². The van der Waals surface area contributed by atoms with Crippen LogP contribution in [-0.2, 0) is 59.6 Å². The number of carbonyl (C=O) groups excluding carboxylic acids is 2. The normalized spacial score (nSPS) is 18.0. The molecule has 4 rings (SSSR count). The van der Waals surface area contributed by atoms with Crippen LogP contribution in [0, 0.1) is 0 Å². The van der Waals surface area contributed by atoms with Crippen LogP contribution in [0.2, 0.25) is 0 Å². The Labute approximate surface area is 410 Å². The smallest absolute Gasteiger partial charge is 0.330 e. The van der Waals surface area contributed by atoms with Gasteiger partial charge in [-0.1, -0.05) is 141 Å². The van der Waals surface area contributed by atoms with Gasteiger partial charge in [-0.05, 0) is 65.5 Å². The van der Waals surface area contributed by atoms with Crippen LogP contribution in [0.4, 0.5) is 0 Å². The van der Waals surface area contributed by atoms with E-state index in [9.17, 15) is 19.2 Å². The van der Waals surface area contributed by atoms with Gasteiger partial charge < -0.3 is 28.6 Å². The van der Waals surface area contributed by atoms with Crippen molar-refractivity contribution < 1.29 is 33.3 Å². The summed E-state index contributed by atoms with van der Waals surface area (Å²) in [5.41, 5.74) is -0.293. The van der Waals surface area contributed by atoms with Gasteiger partial charge >= 0.3 is 17.6 Å². The zero-order valence-electron chi connectivity index (χ0n) is 43.0. The van der Waals surface area contributed by atoms with Crippen LogP contribution in [-0.4, -0.2) is 108 Å². The van der Waals surface area contributed by atoms with Crippen molar-refractivity contribution in [2.24, 2.45) is 0 Å². The molecule has 3 aromatic heterocycles. The minimum Gasteiger partial charge on any atom is -0.461 e. The molecule has 1 aliphatic heterocycles. The van der Waals surface area contributed by atoms with E-state index < -0.39 is 35.8 Å². The van der Waals surface area contributed by atoms with Crippen molar-refractivity contribution >= 4 is 11.9 Å². The predicted octanol–water partition coefficient (Wildman–Crippen LogP) is 8.62. The van der Waals surface area contributed by atoms with E-state index in [1.807, 2.05) is 19.0 Å². The Balaban J connectivity index is 1.41. The van der Waals surface area contributed by atoms with E-state index in [0.717, 1.165) is 89.9 Å². The first kappa shape index (κ1) is 57.3. The van der Waals surface area contributed by atoms with E-state index in [4.69, 9.17) is 23.7 Å². The SMILES string of the molecule is CCCCCCCCC(CCCCCC)OC(=O)Cn1cc(CO[C@@H]2[C@H](OCc3cn(CC(=O)OC(CCCCCC)CCCCCCCC)nn3)[C@@H](CN(C)C)O[C@H]2n2ccc(=O)[nH]c2=O)nn1. The van der Waals surface area contributed by atoms with Gasteiger partial charge in [0, 0.05) is 18.8 Å². The van der Waals surface area contributed by atoms with Crippen LogP contribution in [0.15, 0.2) is 34.2 Å². The Morgan fingerprint density at radius 2 is 1.06 bits per heavy atom. The molecule has 0 radical (unpaired) electrons. The fraction of sp³-hybridized carbons (Fsp3) is 0.804. The lowest BCUT2D eigenvalue weighted by molar-refractivity contribution is -0.151. The number of rotatable bonds is 39. The van der Waals surface area contributed by atoms with Gasteiger partial charge in [0.1, 0.15) is 55.0 Å². The van der Waals surface area contributed by atoms with Gasteiger partial charge in [0.25, 0.3) is 5.56 Å². The summed E-state index contributed by atoms with van der Waals surface area (Å²) in [4.78, 5) is 55.9. The van der Waals surface area contributed by atoms with Crippen LogP contribution in [0.5, 0.6) is 0 Å². The number of nitrogens with one attached hydrogen (secondary N) is 1. The third-order valence-corrected chi connectivity index (χ3v) is 12.7. The highest BCUT2D eigenvalue weighted by Gasteiger charge is 2.48. The highest BCUT2D eigenvalue weighted by atomic mass is 16.6. The molecule has 0 spiro atoms. The molecular weight excluding hydrogens is 883 g/mol. The van der Waals surface area contributed by atoms with Gasteiger partial charge in [0.2, 0.25) is 0 Å². The van der Waals surface area contributed by atoms with Gasteiger partial charge in [-0.2, -0.15) is 0 Å². The third kappa shape index (κ3) is 22.1. The average Bonchev–Trinajstić information content (AvgIpc) is 4.05. The lowest BCUT2D eigenvalue weighted by atomic mass is 10.0. The van der Waals surface area contributed by atoms with Gasteiger partial charge in [-0.3, -0.25) is 23.9 Å². The number of hydrogen-bond donors (Lipinski definition) is 1. The van der Waals surface area contributed by atoms with E-state index in [2.05, 4.69) is 53.3 Å². The number of H-pyrrole nitrogens is 1. The van der Waals surface area contributed by atoms with Gasteiger partial charge in [0.15, 0.2) is 6.23 Å². The molecule has 69 heavy (non-hydrogen) atoms. The number of nitrogens with zero attached hydrogens (tertiary/aromatic N) is 8. The van der Waals surface area contributed by atoms with Crippen LogP contribution in [0.1, 0.15) is 199 Å². The first-order valence-corrected chi connectivity index (χ1v) is 26.5. The summed E-state index contributed by atoms with van der Waals surface area (Å²) < 4.78 is 35.8. The molecule has 2 unspecified atom stereocenters. The summed E-state index contributed by atoms with van der Waals surface area (Å²) in [7, 11) is 3.80. The number of esters is 2. The lowest BCUT2D eigenvalue weighted by Crippen LogP contribution is -2.42. The number of unbranched alkanes of at least 4 members (excludes halogenated alkanes) is 16. The zero-order chi connectivity index (χ0) is 49.6. The van der Waals surface area contributed by atoms with E-state index >= 15 is 0 Å². The third-order valence-electron chi connectivity index (χ3n) is 12.7. The second kappa shape index (κ2) is 33.3. The molecule has 0 amide bonds. The predicted molar refractivity (Wildman–Crippen MR) is 264 cm³/mol. The van der Waals surface area contributed by atoms with Crippen LogP contribution < -0.4 is 11.2 Å². The minimum atomic E-state index is -0.994. The Bertz CT molecular complexity index is 1970. The molecule has 1 aliphatic rings. The molecule has 1 N–H and O–H groups in total. The summed E-state index contributed by atoms with van der Waals surface area (Å²) >= 11 is 0. The molecule has 18 nitrogen and oxygen atoms in total. The molecule has 0 bridgehead atoms. The zero-order valence-corrected chi connectivity index (χ0v) is 43.0. The Morgan fingerprint density at radius 1 is 0.638 bits per heavy atom. The maximum Gasteiger partial charge on any atom is 0.330 e. The van der Waals surface area contributed by atoms with E-state index in [0.29, 0.717) is 17.9 Å². The minimum absolute atomic E-state index is 0.00502. The van der Waals surface area contributed by atoms with Gasteiger partial charge in [-0.25, -0.2) is 14.2 Å². The maximum absolute atomic E-state index is 13.2. The summed E-state index contributed by atoms with van der Waals surface area (Å²) in [5.74, 6) is -0.712. The highest BCUT2D eigenvalue weighted by molar-refractivity contribution is 5.69. The number of likely N-dealkylation sites (N-methyl/N-ethyl adjacent to an activating group) is 1. The topological polar surface area (TPSA) is 200 Å². The fourth-order valence-corrected chi connectivity index (χ4v) is 8.91. The molecule has 18 heteroatoms. The summed E-state index contributed by atoms with van der Waals surface area (Å²) in [5, 5.41) is 17.0. The van der Waals surface area contributed by atoms with Crippen molar-refractivity contribution in [1.29, 1.82) is 0 Å². The van der Waals surface area contributed by atoms with Crippen LogP contribution in [0.3, 0.4) is 0 Å². The monoisotopic (exact) mass is 970 g/mol. The number of carbonyl (C=O) groups is 2. The first-order chi connectivity index (χ1) is 33.5. The van der Waals surface area contributed by atoms with E-state index in [1.165, 1.54) is 90.4 Å². The average molecular weight is 970 g/mol. The standard InChI is InChI=1S/C51H87N9O9/c1-7-11-15-19-21-25-29-42(27-23-17-13-9-3)67-46(62)36-58-33-40(53-55-58)38-65-48-44(35-57(5)6)69-50(60-32-31-45(61)52-51(60)64)49(48)66-39-41-34-59(56-54-41)37-47(63)68-43(28-24-18-14-10-4)30-26-22-20-16-12-8-2/h31-34,42-44,48-50H,7-30,35-39H2,1-6H3,(H,52,61,64)/t42?,43?,44-,48-,49-,50-/m1/s1. The number of hydrogen-bond acceptors (Lipinski definition) is 14. The second-order valence-corrected chi connectivity index (χ2v) is 19.2. The fourth-order valence-electron chi connectivity index (χ4n) is 8.91. The van der Waals surface area contributed by atoms with Gasteiger partial charge in [-0.15, -0.1) is 10.2 Å². The molecule has 0 aliphatic carbocycles. The maximum atomic E-state index is 13.2. The van der Waals surface area contributed by atoms with Gasteiger partial charge in [0.05, 0.1) is 25.6 Å². The molecule has 6 atom stereocenters. The molecule has 0 aromatic carbocycles. The van der Waals surface area contributed by atoms with Crippen molar-refractivity contribution in [2.75, 3.05) is 20.6 Å².